The third kappa shape index (κ3) is 4.31. The zero-order valence-corrected chi connectivity index (χ0v) is 13.7. The molecule has 3 N–H and O–H groups in total. The topological polar surface area (TPSA) is 80.5 Å². The minimum Gasteiger partial charge on any atom is -0.382 e. The SMILES string of the molecule is CC(C)CNc1nc(N)c(C(=O)N2CCCOC(C)C2)s1. The molecule has 1 atom stereocenters. The highest BCUT2D eigenvalue weighted by Crippen LogP contribution is 2.27. The summed E-state index contributed by atoms with van der Waals surface area (Å²) in [5, 5.41) is 3.93. The van der Waals surface area contributed by atoms with Gasteiger partial charge in [-0.3, -0.25) is 4.79 Å². The zero-order valence-electron chi connectivity index (χ0n) is 12.9. The number of nitrogens with one attached hydrogen (secondary N) is 1. The van der Waals surface area contributed by atoms with Crippen LogP contribution >= 0.6 is 11.3 Å². The number of amides is 1. The van der Waals surface area contributed by atoms with Gasteiger partial charge in [0.1, 0.15) is 10.7 Å². The Labute approximate surface area is 129 Å². The molecule has 0 aliphatic carbocycles. The fourth-order valence-electron chi connectivity index (χ4n) is 2.17. The van der Waals surface area contributed by atoms with E-state index in [4.69, 9.17) is 10.5 Å². The van der Waals surface area contributed by atoms with E-state index < -0.39 is 0 Å². The molecule has 6 nitrogen and oxygen atoms in total. The van der Waals surface area contributed by atoms with Crippen molar-refractivity contribution in [1.29, 1.82) is 0 Å². The summed E-state index contributed by atoms with van der Waals surface area (Å²) in [7, 11) is 0. The zero-order chi connectivity index (χ0) is 15.4. The fraction of sp³-hybridized carbons (Fsp3) is 0.714. The highest BCUT2D eigenvalue weighted by molar-refractivity contribution is 7.18. The van der Waals surface area contributed by atoms with Gasteiger partial charge in [0.2, 0.25) is 0 Å². The van der Waals surface area contributed by atoms with Gasteiger partial charge in [0.05, 0.1) is 6.10 Å². The average Bonchev–Trinajstić information content (AvgIpc) is 2.65. The molecular weight excluding hydrogens is 288 g/mol. The van der Waals surface area contributed by atoms with Crippen molar-refractivity contribution in [3.05, 3.63) is 4.88 Å². The number of ether oxygens (including phenoxy) is 1. The lowest BCUT2D eigenvalue weighted by Gasteiger charge is -2.21. The number of nitrogens with zero attached hydrogens (tertiary/aromatic N) is 2. The van der Waals surface area contributed by atoms with Crippen LogP contribution in [0.3, 0.4) is 0 Å². The van der Waals surface area contributed by atoms with E-state index in [0.29, 0.717) is 41.4 Å². The molecule has 0 spiro atoms. The van der Waals surface area contributed by atoms with Gasteiger partial charge in [-0.05, 0) is 19.3 Å². The molecule has 0 saturated carbocycles. The monoisotopic (exact) mass is 312 g/mol. The predicted molar refractivity (Wildman–Crippen MR) is 85.8 cm³/mol. The smallest absolute Gasteiger partial charge is 0.267 e. The van der Waals surface area contributed by atoms with Crippen molar-refractivity contribution in [2.45, 2.75) is 33.3 Å². The van der Waals surface area contributed by atoms with Crippen molar-refractivity contribution in [2.24, 2.45) is 5.92 Å². The van der Waals surface area contributed by atoms with Gasteiger partial charge in [0, 0.05) is 26.2 Å². The molecule has 21 heavy (non-hydrogen) atoms. The number of nitrogens with two attached hydrogens (primary N) is 1. The molecule has 2 heterocycles. The number of carbonyl (C=O) groups excluding carboxylic acids is 1. The number of hydrogen-bond donors (Lipinski definition) is 2. The van der Waals surface area contributed by atoms with Crippen molar-refractivity contribution >= 4 is 28.2 Å². The van der Waals surface area contributed by atoms with E-state index in [1.54, 1.807) is 0 Å². The fourth-order valence-corrected chi connectivity index (χ4v) is 3.03. The molecule has 7 heteroatoms. The first-order valence-corrected chi connectivity index (χ1v) is 8.20. The molecule has 1 aliphatic rings. The second-order valence-electron chi connectivity index (χ2n) is 5.79. The van der Waals surface area contributed by atoms with Crippen LogP contribution in [0.15, 0.2) is 0 Å². The summed E-state index contributed by atoms with van der Waals surface area (Å²) in [5.74, 6) is 0.784. The first-order chi connectivity index (χ1) is 9.97. The molecule has 1 saturated heterocycles. The third-order valence-electron chi connectivity index (χ3n) is 3.25. The number of carbonyl (C=O) groups is 1. The average molecular weight is 312 g/mol. The van der Waals surface area contributed by atoms with E-state index in [9.17, 15) is 4.79 Å². The van der Waals surface area contributed by atoms with Gasteiger partial charge in [0.15, 0.2) is 5.13 Å². The number of aromatic nitrogens is 1. The van der Waals surface area contributed by atoms with Gasteiger partial charge in [-0.2, -0.15) is 0 Å². The maximum atomic E-state index is 12.6. The normalized spacial score (nSPS) is 19.6. The van der Waals surface area contributed by atoms with Crippen molar-refractivity contribution in [1.82, 2.24) is 9.88 Å². The molecule has 0 radical (unpaired) electrons. The van der Waals surface area contributed by atoms with E-state index in [0.717, 1.165) is 13.0 Å². The Kier molecular flexibility index (Phi) is 5.41. The molecule has 0 aromatic carbocycles. The van der Waals surface area contributed by atoms with Gasteiger partial charge >= 0.3 is 0 Å². The van der Waals surface area contributed by atoms with E-state index in [1.165, 1.54) is 11.3 Å². The quantitative estimate of drug-likeness (QED) is 0.889. The number of anilines is 2. The highest BCUT2D eigenvalue weighted by atomic mass is 32.1. The maximum absolute atomic E-state index is 12.6. The predicted octanol–water partition coefficient (Wildman–Crippen LogP) is 2.04. The minimum atomic E-state index is -0.0417. The van der Waals surface area contributed by atoms with Crippen molar-refractivity contribution in [3.8, 4) is 0 Å². The van der Waals surface area contributed by atoms with E-state index in [-0.39, 0.29) is 12.0 Å². The van der Waals surface area contributed by atoms with Crippen molar-refractivity contribution in [2.75, 3.05) is 37.3 Å². The van der Waals surface area contributed by atoms with Crippen molar-refractivity contribution in [3.63, 3.8) is 0 Å². The standard InChI is InChI=1S/C14H24N4O2S/c1-9(2)7-16-14-17-12(15)11(21-14)13(19)18-5-4-6-20-10(3)8-18/h9-10H,4-8,15H2,1-3H3,(H,16,17). The number of hydrogen-bond acceptors (Lipinski definition) is 6. The lowest BCUT2D eigenvalue weighted by Crippen LogP contribution is -2.35. The summed E-state index contributed by atoms with van der Waals surface area (Å²) < 4.78 is 5.57. The van der Waals surface area contributed by atoms with Crippen LogP contribution in [-0.2, 0) is 4.74 Å². The molecule has 1 amide bonds. The van der Waals surface area contributed by atoms with Gasteiger partial charge < -0.3 is 20.7 Å². The van der Waals surface area contributed by atoms with Gasteiger partial charge in [-0.25, -0.2) is 4.98 Å². The summed E-state index contributed by atoms with van der Waals surface area (Å²) >= 11 is 1.33. The summed E-state index contributed by atoms with van der Waals surface area (Å²) in [6.45, 7) is 9.04. The van der Waals surface area contributed by atoms with Gasteiger partial charge in [-0.1, -0.05) is 25.2 Å². The van der Waals surface area contributed by atoms with Crippen molar-refractivity contribution < 1.29 is 9.53 Å². The molecule has 2 rings (SSSR count). The van der Waals surface area contributed by atoms with Crippen LogP contribution in [0.4, 0.5) is 10.9 Å². The summed E-state index contributed by atoms with van der Waals surface area (Å²) in [4.78, 5) is 19.2. The summed E-state index contributed by atoms with van der Waals surface area (Å²) in [6, 6.07) is 0. The van der Waals surface area contributed by atoms with E-state index in [2.05, 4.69) is 24.1 Å². The molecule has 1 aliphatic heterocycles. The number of rotatable bonds is 4. The van der Waals surface area contributed by atoms with Crippen LogP contribution in [0.2, 0.25) is 0 Å². The number of thiazole rings is 1. The van der Waals surface area contributed by atoms with Crippen LogP contribution in [0.5, 0.6) is 0 Å². The Balaban J connectivity index is 2.07. The molecule has 118 valence electrons. The van der Waals surface area contributed by atoms with Gasteiger partial charge in [-0.15, -0.1) is 0 Å². The van der Waals surface area contributed by atoms with Crippen LogP contribution in [0.1, 0.15) is 36.9 Å². The van der Waals surface area contributed by atoms with Crippen LogP contribution in [-0.4, -0.2) is 48.1 Å². The summed E-state index contributed by atoms with van der Waals surface area (Å²) in [5.41, 5.74) is 5.91. The van der Waals surface area contributed by atoms with Crippen LogP contribution in [0, 0.1) is 5.92 Å². The minimum absolute atomic E-state index is 0.0417. The lowest BCUT2D eigenvalue weighted by atomic mass is 10.2. The Morgan fingerprint density at radius 1 is 1.62 bits per heavy atom. The van der Waals surface area contributed by atoms with E-state index >= 15 is 0 Å². The summed E-state index contributed by atoms with van der Waals surface area (Å²) in [6.07, 6.45) is 0.914. The van der Waals surface area contributed by atoms with Crippen LogP contribution in [0.25, 0.3) is 0 Å². The Morgan fingerprint density at radius 3 is 3.10 bits per heavy atom. The van der Waals surface area contributed by atoms with E-state index in [1.807, 2.05) is 11.8 Å². The largest absolute Gasteiger partial charge is 0.382 e. The molecule has 1 fully saturated rings. The third-order valence-corrected chi connectivity index (χ3v) is 4.27. The number of nitrogen functional groups attached to an aromatic ring is 1. The Morgan fingerprint density at radius 2 is 2.38 bits per heavy atom. The lowest BCUT2D eigenvalue weighted by molar-refractivity contribution is 0.0566. The highest BCUT2D eigenvalue weighted by Gasteiger charge is 2.25. The maximum Gasteiger partial charge on any atom is 0.267 e. The molecule has 0 bridgehead atoms. The Bertz CT molecular complexity index is 489. The molecule has 1 aromatic heterocycles. The van der Waals surface area contributed by atoms with Crippen LogP contribution < -0.4 is 11.1 Å². The molecule has 1 unspecified atom stereocenters. The second-order valence-corrected chi connectivity index (χ2v) is 6.79. The first-order valence-electron chi connectivity index (χ1n) is 7.38. The van der Waals surface area contributed by atoms with Gasteiger partial charge in [0.25, 0.3) is 5.91 Å². The first kappa shape index (κ1) is 16.0. The second kappa shape index (κ2) is 7.09. The molecular formula is C14H24N4O2S. The molecule has 1 aromatic rings. The Hall–Kier alpha value is -1.34.